The van der Waals surface area contributed by atoms with Crippen LogP contribution in [-0.4, -0.2) is 31.3 Å². The standard InChI is InChI=1S/C11H12N4O2S/c1-15-13-10(12-14-15)7-18-9-4-2-8(3-5-9)6-11(16)17/h2-5H,6-7H2,1H3,(H,16,17). The Morgan fingerprint density at radius 1 is 1.39 bits per heavy atom. The fourth-order valence-electron chi connectivity index (χ4n) is 1.41. The second-order valence-corrected chi connectivity index (χ2v) is 4.75. The van der Waals surface area contributed by atoms with Crippen LogP contribution in [0.25, 0.3) is 0 Å². The molecule has 0 aliphatic heterocycles. The summed E-state index contributed by atoms with van der Waals surface area (Å²) in [4.78, 5) is 13.0. The third-order valence-corrected chi connectivity index (χ3v) is 3.20. The van der Waals surface area contributed by atoms with Gasteiger partial charge in [0.25, 0.3) is 0 Å². The molecule has 0 radical (unpaired) electrons. The molecule has 0 unspecified atom stereocenters. The van der Waals surface area contributed by atoms with E-state index in [1.165, 1.54) is 4.80 Å². The Hall–Kier alpha value is -1.89. The van der Waals surface area contributed by atoms with Gasteiger partial charge in [-0.05, 0) is 22.9 Å². The van der Waals surface area contributed by atoms with E-state index >= 15 is 0 Å². The van der Waals surface area contributed by atoms with Crippen LogP contribution in [-0.2, 0) is 24.0 Å². The van der Waals surface area contributed by atoms with Crippen LogP contribution in [0.2, 0.25) is 0 Å². The van der Waals surface area contributed by atoms with Gasteiger partial charge in [0, 0.05) is 4.90 Å². The molecule has 2 aromatic rings. The molecule has 0 aliphatic rings. The molecular formula is C11H12N4O2S. The van der Waals surface area contributed by atoms with E-state index < -0.39 is 5.97 Å². The molecule has 0 atom stereocenters. The number of hydrogen-bond donors (Lipinski definition) is 1. The van der Waals surface area contributed by atoms with Crippen molar-refractivity contribution in [3.05, 3.63) is 35.7 Å². The Morgan fingerprint density at radius 3 is 2.67 bits per heavy atom. The second-order valence-electron chi connectivity index (χ2n) is 3.70. The Bertz CT molecular complexity index is 538. The zero-order valence-electron chi connectivity index (χ0n) is 9.78. The highest BCUT2D eigenvalue weighted by atomic mass is 32.2. The maximum Gasteiger partial charge on any atom is 0.307 e. The molecule has 0 saturated heterocycles. The highest BCUT2D eigenvalue weighted by Crippen LogP contribution is 2.21. The van der Waals surface area contributed by atoms with Crippen molar-refractivity contribution < 1.29 is 9.90 Å². The van der Waals surface area contributed by atoms with Gasteiger partial charge in [-0.15, -0.1) is 22.0 Å². The number of hydrogen-bond acceptors (Lipinski definition) is 5. The van der Waals surface area contributed by atoms with Gasteiger partial charge in [-0.1, -0.05) is 12.1 Å². The van der Waals surface area contributed by atoms with E-state index in [2.05, 4.69) is 15.4 Å². The fourth-order valence-corrected chi connectivity index (χ4v) is 2.15. The topological polar surface area (TPSA) is 80.9 Å². The maximum absolute atomic E-state index is 10.5. The summed E-state index contributed by atoms with van der Waals surface area (Å²) in [7, 11) is 1.72. The lowest BCUT2D eigenvalue weighted by Gasteiger charge is -2.00. The molecule has 6 nitrogen and oxygen atoms in total. The minimum Gasteiger partial charge on any atom is -0.481 e. The molecule has 1 heterocycles. The molecule has 0 bridgehead atoms. The molecule has 0 fully saturated rings. The highest BCUT2D eigenvalue weighted by molar-refractivity contribution is 7.98. The lowest BCUT2D eigenvalue weighted by Crippen LogP contribution is -1.99. The quantitative estimate of drug-likeness (QED) is 0.815. The molecule has 1 N–H and O–H groups in total. The molecule has 0 spiro atoms. The van der Waals surface area contributed by atoms with Gasteiger partial charge in [-0.2, -0.15) is 4.80 Å². The average Bonchev–Trinajstić information content (AvgIpc) is 2.74. The first-order valence-electron chi connectivity index (χ1n) is 5.30. The Kier molecular flexibility index (Phi) is 3.93. The molecule has 1 aromatic heterocycles. The largest absolute Gasteiger partial charge is 0.481 e. The van der Waals surface area contributed by atoms with Crippen LogP contribution in [0, 0.1) is 0 Å². The summed E-state index contributed by atoms with van der Waals surface area (Å²) in [5.74, 6) is 0.503. The van der Waals surface area contributed by atoms with E-state index in [1.807, 2.05) is 24.3 Å². The van der Waals surface area contributed by atoms with Crippen molar-refractivity contribution in [1.29, 1.82) is 0 Å². The summed E-state index contributed by atoms with van der Waals surface area (Å²) in [6.45, 7) is 0. The molecule has 18 heavy (non-hydrogen) atoms. The van der Waals surface area contributed by atoms with Crippen molar-refractivity contribution in [2.75, 3.05) is 0 Å². The minimum atomic E-state index is -0.820. The number of benzene rings is 1. The predicted molar refractivity (Wildman–Crippen MR) is 66.1 cm³/mol. The highest BCUT2D eigenvalue weighted by Gasteiger charge is 2.03. The molecule has 94 valence electrons. The van der Waals surface area contributed by atoms with Crippen LogP contribution in [0.15, 0.2) is 29.2 Å². The van der Waals surface area contributed by atoms with Crippen LogP contribution in [0.3, 0.4) is 0 Å². The van der Waals surface area contributed by atoms with Gasteiger partial charge in [0.2, 0.25) is 0 Å². The summed E-state index contributed by atoms with van der Waals surface area (Å²) < 4.78 is 0. The SMILES string of the molecule is Cn1nnc(CSc2ccc(CC(=O)O)cc2)n1. The van der Waals surface area contributed by atoms with Crippen LogP contribution in [0.4, 0.5) is 0 Å². The van der Waals surface area contributed by atoms with Crippen LogP contribution in [0.1, 0.15) is 11.4 Å². The third-order valence-electron chi connectivity index (χ3n) is 2.20. The monoisotopic (exact) mass is 264 g/mol. The van der Waals surface area contributed by atoms with Crippen LogP contribution < -0.4 is 0 Å². The lowest BCUT2D eigenvalue weighted by atomic mass is 10.2. The predicted octanol–water partition coefficient (Wildman–Crippen LogP) is 1.13. The van der Waals surface area contributed by atoms with Crippen molar-refractivity contribution >= 4 is 17.7 Å². The van der Waals surface area contributed by atoms with E-state index in [0.29, 0.717) is 11.6 Å². The number of carboxylic acid groups (broad SMARTS) is 1. The zero-order chi connectivity index (χ0) is 13.0. The van der Waals surface area contributed by atoms with E-state index in [4.69, 9.17) is 5.11 Å². The summed E-state index contributed by atoms with van der Waals surface area (Å²) in [6, 6.07) is 7.44. The minimum absolute atomic E-state index is 0.0522. The van der Waals surface area contributed by atoms with Crippen molar-refractivity contribution in [1.82, 2.24) is 20.2 Å². The first-order valence-corrected chi connectivity index (χ1v) is 6.28. The molecule has 0 saturated carbocycles. The van der Waals surface area contributed by atoms with Crippen LogP contribution >= 0.6 is 11.8 Å². The van der Waals surface area contributed by atoms with Gasteiger partial charge >= 0.3 is 5.97 Å². The number of carboxylic acids is 1. The van der Waals surface area contributed by atoms with Gasteiger partial charge in [0.05, 0.1) is 19.2 Å². The maximum atomic E-state index is 10.5. The van der Waals surface area contributed by atoms with Crippen molar-refractivity contribution in [2.45, 2.75) is 17.1 Å². The summed E-state index contributed by atoms with van der Waals surface area (Å²) in [5.41, 5.74) is 0.796. The zero-order valence-corrected chi connectivity index (χ0v) is 10.6. The molecule has 0 amide bonds. The summed E-state index contributed by atoms with van der Waals surface area (Å²) >= 11 is 1.59. The van der Waals surface area contributed by atoms with E-state index in [9.17, 15) is 4.79 Å². The Labute approximate surface area is 108 Å². The lowest BCUT2D eigenvalue weighted by molar-refractivity contribution is -0.136. The number of rotatable bonds is 5. The fraction of sp³-hybridized carbons (Fsp3) is 0.273. The molecule has 0 aliphatic carbocycles. The first kappa shape index (κ1) is 12.6. The van der Waals surface area contributed by atoms with Crippen molar-refractivity contribution in [2.24, 2.45) is 7.05 Å². The molecular weight excluding hydrogens is 252 g/mol. The molecule has 1 aromatic carbocycles. The third kappa shape index (κ3) is 3.56. The van der Waals surface area contributed by atoms with E-state index in [-0.39, 0.29) is 6.42 Å². The second kappa shape index (κ2) is 5.63. The Balaban J connectivity index is 1.92. The normalized spacial score (nSPS) is 10.5. The van der Waals surface area contributed by atoms with Gasteiger partial charge in [0.15, 0.2) is 5.82 Å². The van der Waals surface area contributed by atoms with Gasteiger partial charge in [-0.3, -0.25) is 4.79 Å². The van der Waals surface area contributed by atoms with Crippen molar-refractivity contribution in [3.63, 3.8) is 0 Å². The van der Waals surface area contributed by atoms with E-state index in [0.717, 1.165) is 10.5 Å². The van der Waals surface area contributed by atoms with E-state index in [1.54, 1.807) is 18.8 Å². The molecule has 7 heteroatoms. The number of aryl methyl sites for hydroxylation is 1. The first-order chi connectivity index (χ1) is 8.63. The number of carbonyl (C=O) groups is 1. The summed E-state index contributed by atoms with van der Waals surface area (Å²) in [5, 5.41) is 20.4. The van der Waals surface area contributed by atoms with Gasteiger partial charge in [0.1, 0.15) is 0 Å². The smallest absolute Gasteiger partial charge is 0.307 e. The number of nitrogens with zero attached hydrogens (tertiary/aromatic N) is 4. The molecule has 2 rings (SSSR count). The number of tetrazole rings is 1. The van der Waals surface area contributed by atoms with Crippen molar-refractivity contribution in [3.8, 4) is 0 Å². The average molecular weight is 264 g/mol. The summed E-state index contributed by atoms with van der Waals surface area (Å²) in [6.07, 6.45) is 0.0522. The van der Waals surface area contributed by atoms with Gasteiger partial charge < -0.3 is 5.11 Å². The number of thioether (sulfide) groups is 1. The van der Waals surface area contributed by atoms with Gasteiger partial charge in [-0.25, -0.2) is 0 Å². The number of aliphatic carboxylic acids is 1. The Morgan fingerprint density at radius 2 is 2.11 bits per heavy atom. The van der Waals surface area contributed by atoms with Crippen LogP contribution in [0.5, 0.6) is 0 Å². The number of aromatic nitrogens is 4.